The average Bonchev–Trinajstić information content (AvgIpc) is 2.63. The first-order chi connectivity index (χ1) is 12.7. The van der Waals surface area contributed by atoms with Gasteiger partial charge < -0.3 is 0 Å². The molecule has 0 atom stereocenters. The van der Waals surface area contributed by atoms with E-state index in [-0.39, 0.29) is 9.79 Å². The van der Waals surface area contributed by atoms with Crippen LogP contribution in [0, 0.1) is 6.92 Å². The molecule has 0 spiro atoms. The molecule has 0 aromatic heterocycles. The van der Waals surface area contributed by atoms with E-state index in [1.807, 2.05) is 6.92 Å². The van der Waals surface area contributed by atoms with Crippen LogP contribution in [0.1, 0.15) is 11.1 Å². The zero-order chi connectivity index (χ0) is 19.7. The van der Waals surface area contributed by atoms with Crippen molar-refractivity contribution in [3.63, 3.8) is 0 Å². The summed E-state index contributed by atoms with van der Waals surface area (Å²) in [6, 6.07) is 13.4. The lowest BCUT2D eigenvalue weighted by Crippen LogP contribution is -2.48. The number of rotatable bonds is 5. The highest BCUT2D eigenvalue weighted by molar-refractivity contribution is 8.13. The molecule has 2 aromatic rings. The Balaban J connectivity index is 1.69. The minimum absolute atomic E-state index is 0.0591. The van der Waals surface area contributed by atoms with Crippen molar-refractivity contribution in [3.8, 4) is 0 Å². The van der Waals surface area contributed by atoms with E-state index in [0.717, 1.165) is 12.6 Å². The Morgan fingerprint density at radius 2 is 1.48 bits per heavy atom. The first-order valence-electron chi connectivity index (χ1n) is 8.49. The fourth-order valence-electron chi connectivity index (χ4n) is 3.02. The summed E-state index contributed by atoms with van der Waals surface area (Å²) < 4.78 is 50.0. The van der Waals surface area contributed by atoms with Crippen molar-refractivity contribution in [1.82, 2.24) is 9.21 Å². The Labute approximate surface area is 164 Å². The van der Waals surface area contributed by atoms with Crippen LogP contribution >= 0.6 is 10.7 Å². The van der Waals surface area contributed by atoms with Gasteiger partial charge in [-0.15, -0.1) is 0 Å². The number of hydrogen-bond acceptors (Lipinski definition) is 5. The van der Waals surface area contributed by atoms with Crippen molar-refractivity contribution in [2.75, 3.05) is 26.2 Å². The van der Waals surface area contributed by atoms with Crippen LogP contribution in [0.15, 0.2) is 58.3 Å². The molecule has 0 N–H and O–H groups in total. The molecule has 146 valence electrons. The minimum atomic E-state index is -3.98. The first-order valence-corrected chi connectivity index (χ1v) is 12.2. The summed E-state index contributed by atoms with van der Waals surface area (Å²) >= 11 is 0. The van der Waals surface area contributed by atoms with E-state index in [4.69, 9.17) is 10.7 Å². The third-order valence-corrected chi connectivity index (χ3v) is 7.83. The number of piperazine rings is 1. The van der Waals surface area contributed by atoms with Crippen LogP contribution in [-0.2, 0) is 25.6 Å². The maximum atomic E-state index is 12.8. The molecule has 1 aliphatic heterocycles. The third kappa shape index (κ3) is 4.89. The third-order valence-electron chi connectivity index (χ3n) is 4.58. The maximum Gasteiger partial charge on any atom is 0.261 e. The summed E-state index contributed by atoms with van der Waals surface area (Å²) in [5.74, 6) is 0. The second-order valence-electron chi connectivity index (χ2n) is 6.58. The number of benzene rings is 2. The molecule has 1 aliphatic rings. The quantitative estimate of drug-likeness (QED) is 0.684. The zero-order valence-electron chi connectivity index (χ0n) is 14.9. The molecule has 1 heterocycles. The largest absolute Gasteiger partial charge is 0.296 e. The molecule has 0 saturated carbocycles. The van der Waals surface area contributed by atoms with Crippen LogP contribution in [0.4, 0.5) is 0 Å². The van der Waals surface area contributed by atoms with Gasteiger partial charge in [0.15, 0.2) is 0 Å². The van der Waals surface area contributed by atoms with Crippen molar-refractivity contribution >= 4 is 29.8 Å². The topological polar surface area (TPSA) is 74.8 Å². The molecule has 0 amide bonds. The van der Waals surface area contributed by atoms with Crippen LogP contribution in [0.5, 0.6) is 0 Å². The maximum absolute atomic E-state index is 12.8. The van der Waals surface area contributed by atoms with E-state index in [2.05, 4.69) is 29.2 Å². The molecule has 1 saturated heterocycles. The Morgan fingerprint density at radius 1 is 0.889 bits per heavy atom. The lowest BCUT2D eigenvalue weighted by Gasteiger charge is -2.34. The minimum Gasteiger partial charge on any atom is -0.296 e. The smallest absolute Gasteiger partial charge is 0.261 e. The normalized spacial score (nSPS) is 17.1. The molecule has 27 heavy (non-hydrogen) atoms. The van der Waals surface area contributed by atoms with Gasteiger partial charge in [-0.05, 0) is 30.7 Å². The molecule has 0 radical (unpaired) electrons. The van der Waals surface area contributed by atoms with Gasteiger partial charge in [-0.25, -0.2) is 16.8 Å². The van der Waals surface area contributed by atoms with Crippen LogP contribution in [0.3, 0.4) is 0 Å². The van der Waals surface area contributed by atoms with E-state index in [1.165, 1.54) is 33.6 Å². The van der Waals surface area contributed by atoms with E-state index in [0.29, 0.717) is 26.2 Å². The molecule has 3 rings (SSSR count). The molecule has 0 aliphatic carbocycles. The van der Waals surface area contributed by atoms with Crippen molar-refractivity contribution in [2.24, 2.45) is 0 Å². The number of sulfonamides is 1. The summed E-state index contributed by atoms with van der Waals surface area (Å²) in [5.41, 5.74) is 2.40. The second-order valence-corrected chi connectivity index (χ2v) is 11.1. The molecule has 0 bridgehead atoms. The molecule has 6 nitrogen and oxygen atoms in total. The summed E-state index contributed by atoms with van der Waals surface area (Å²) in [5, 5.41) is 0. The Hall–Kier alpha value is -1.45. The second kappa shape index (κ2) is 7.89. The molecular weight excluding hydrogens is 408 g/mol. The fourth-order valence-corrected chi connectivity index (χ4v) is 5.36. The molecule has 2 aromatic carbocycles. The predicted molar refractivity (Wildman–Crippen MR) is 105 cm³/mol. The van der Waals surface area contributed by atoms with Crippen LogP contribution in [0.25, 0.3) is 0 Å². The Morgan fingerprint density at radius 3 is 2.07 bits per heavy atom. The fraction of sp³-hybridized carbons (Fsp3) is 0.333. The first kappa shape index (κ1) is 20.3. The van der Waals surface area contributed by atoms with Crippen molar-refractivity contribution in [2.45, 2.75) is 23.3 Å². The van der Waals surface area contributed by atoms with Gasteiger partial charge in [0, 0.05) is 43.4 Å². The Bertz CT molecular complexity index is 1010. The summed E-state index contributed by atoms with van der Waals surface area (Å²) in [6.45, 7) is 4.74. The van der Waals surface area contributed by atoms with Crippen LogP contribution in [-0.4, -0.2) is 52.2 Å². The molecular formula is C18H21ClN2O4S2. The van der Waals surface area contributed by atoms with Crippen molar-refractivity contribution < 1.29 is 16.8 Å². The van der Waals surface area contributed by atoms with E-state index in [1.54, 1.807) is 0 Å². The van der Waals surface area contributed by atoms with Gasteiger partial charge in [0.25, 0.3) is 9.05 Å². The van der Waals surface area contributed by atoms with Gasteiger partial charge in [-0.3, -0.25) is 4.90 Å². The summed E-state index contributed by atoms with van der Waals surface area (Å²) in [7, 11) is -2.42. The summed E-state index contributed by atoms with van der Waals surface area (Å²) in [4.78, 5) is 1.93. The average molecular weight is 429 g/mol. The highest BCUT2D eigenvalue weighted by atomic mass is 35.7. The van der Waals surface area contributed by atoms with E-state index in [9.17, 15) is 16.8 Å². The van der Waals surface area contributed by atoms with Crippen molar-refractivity contribution in [3.05, 3.63) is 59.7 Å². The molecule has 1 fully saturated rings. The van der Waals surface area contributed by atoms with Crippen LogP contribution in [0.2, 0.25) is 0 Å². The number of hydrogen-bond donors (Lipinski definition) is 0. The van der Waals surface area contributed by atoms with Gasteiger partial charge in [0.2, 0.25) is 10.0 Å². The van der Waals surface area contributed by atoms with Crippen molar-refractivity contribution in [1.29, 1.82) is 0 Å². The van der Waals surface area contributed by atoms with Gasteiger partial charge >= 0.3 is 0 Å². The number of halogens is 1. The molecule has 9 heteroatoms. The lowest BCUT2D eigenvalue weighted by atomic mass is 10.1. The standard InChI is InChI=1S/C18H21ClN2O4S2/c1-15-5-7-16(8-6-15)14-20-9-11-21(12-10-20)27(24,25)18-4-2-3-17(13-18)26(19,22)23/h2-8,13H,9-12,14H2,1H3. The highest BCUT2D eigenvalue weighted by Gasteiger charge is 2.29. The SMILES string of the molecule is Cc1ccc(CN2CCN(S(=O)(=O)c3cccc(S(=O)(=O)Cl)c3)CC2)cc1. The lowest BCUT2D eigenvalue weighted by molar-refractivity contribution is 0.181. The van der Waals surface area contributed by atoms with Gasteiger partial charge in [0.1, 0.15) is 0 Å². The summed E-state index contributed by atoms with van der Waals surface area (Å²) in [6.07, 6.45) is 0. The molecule has 0 unspecified atom stereocenters. The monoisotopic (exact) mass is 428 g/mol. The van der Waals surface area contributed by atoms with Crippen LogP contribution < -0.4 is 0 Å². The predicted octanol–water partition coefficient (Wildman–Crippen LogP) is 2.43. The highest BCUT2D eigenvalue weighted by Crippen LogP contribution is 2.23. The number of aryl methyl sites for hydroxylation is 1. The van der Waals surface area contributed by atoms with E-state index < -0.39 is 19.1 Å². The number of nitrogens with zero attached hydrogens (tertiary/aromatic N) is 2. The van der Waals surface area contributed by atoms with E-state index >= 15 is 0 Å². The Kier molecular flexibility index (Phi) is 5.93. The van der Waals surface area contributed by atoms with Gasteiger partial charge in [0.05, 0.1) is 9.79 Å². The zero-order valence-corrected chi connectivity index (χ0v) is 17.3. The van der Waals surface area contributed by atoms with Gasteiger partial charge in [-0.2, -0.15) is 4.31 Å². The van der Waals surface area contributed by atoms with Gasteiger partial charge in [-0.1, -0.05) is 35.9 Å².